The van der Waals surface area contributed by atoms with Crippen molar-refractivity contribution in [2.75, 3.05) is 5.73 Å². The minimum Gasteiger partial charge on any atom is -0.481 e. The highest BCUT2D eigenvalue weighted by molar-refractivity contribution is 5.99. The van der Waals surface area contributed by atoms with Gasteiger partial charge in [0.2, 0.25) is 5.91 Å². The first-order valence-electron chi connectivity index (χ1n) is 6.00. The maximum atomic E-state index is 12.1. The van der Waals surface area contributed by atoms with Crippen LogP contribution < -0.4 is 16.8 Å². The average molecular weight is 279 g/mol. The molecule has 7 nitrogen and oxygen atoms in total. The number of amides is 2. The number of hydrogen-bond acceptors (Lipinski definition) is 4. The lowest BCUT2D eigenvalue weighted by Crippen LogP contribution is -2.44. The van der Waals surface area contributed by atoms with Gasteiger partial charge in [-0.15, -0.1) is 0 Å². The summed E-state index contributed by atoms with van der Waals surface area (Å²) in [5.41, 5.74) is 12.2. The summed E-state index contributed by atoms with van der Waals surface area (Å²) in [6, 6.07) is 3.81. The number of benzene rings is 1. The van der Waals surface area contributed by atoms with Gasteiger partial charge in [0.15, 0.2) is 0 Å². The number of nitrogen functional groups attached to an aromatic ring is 1. The van der Waals surface area contributed by atoms with Crippen molar-refractivity contribution in [2.24, 2.45) is 5.73 Å². The Morgan fingerprint density at radius 1 is 1.35 bits per heavy atom. The molecule has 0 aliphatic heterocycles. The van der Waals surface area contributed by atoms with Gasteiger partial charge in [0.05, 0.1) is 0 Å². The van der Waals surface area contributed by atoms with E-state index >= 15 is 0 Å². The van der Waals surface area contributed by atoms with Crippen LogP contribution in [0.25, 0.3) is 0 Å². The van der Waals surface area contributed by atoms with Crippen molar-refractivity contribution < 1.29 is 19.5 Å². The van der Waals surface area contributed by atoms with Crippen LogP contribution in [0, 0.1) is 6.92 Å². The van der Waals surface area contributed by atoms with Gasteiger partial charge < -0.3 is 21.9 Å². The van der Waals surface area contributed by atoms with Crippen molar-refractivity contribution >= 4 is 23.5 Å². The predicted octanol–water partition coefficient (Wildman–Crippen LogP) is 0.0257. The highest BCUT2D eigenvalue weighted by Gasteiger charge is 2.21. The van der Waals surface area contributed by atoms with Gasteiger partial charge in [-0.3, -0.25) is 14.4 Å². The molecule has 0 heterocycles. The van der Waals surface area contributed by atoms with Crippen molar-refractivity contribution in [2.45, 2.75) is 25.8 Å². The lowest BCUT2D eigenvalue weighted by atomic mass is 10.0. The summed E-state index contributed by atoms with van der Waals surface area (Å²) in [5.74, 6) is -2.35. The molecule has 0 fully saturated rings. The van der Waals surface area contributed by atoms with Gasteiger partial charge in [-0.1, -0.05) is 6.07 Å². The van der Waals surface area contributed by atoms with E-state index in [0.29, 0.717) is 16.8 Å². The van der Waals surface area contributed by atoms with Gasteiger partial charge in [-0.05, 0) is 31.0 Å². The maximum Gasteiger partial charge on any atom is 0.303 e. The first-order valence-corrected chi connectivity index (χ1v) is 6.00. The molecule has 1 aromatic rings. The zero-order valence-electron chi connectivity index (χ0n) is 11.1. The number of carboxylic acids is 1. The molecule has 0 radical (unpaired) electrons. The van der Waals surface area contributed by atoms with E-state index in [4.69, 9.17) is 16.6 Å². The summed E-state index contributed by atoms with van der Waals surface area (Å²) in [7, 11) is 0. The van der Waals surface area contributed by atoms with Crippen LogP contribution in [0.1, 0.15) is 28.8 Å². The third-order valence-electron chi connectivity index (χ3n) is 2.92. The van der Waals surface area contributed by atoms with E-state index in [1.807, 2.05) is 0 Å². The molecule has 1 atom stereocenters. The van der Waals surface area contributed by atoms with Gasteiger partial charge in [0, 0.05) is 17.7 Å². The van der Waals surface area contributed by atoms with E-state index in [1.165, 1.54) is 0 Å². The molecule has 0 aliphatic carbocycles. The predicted molar refractivity (Wildman–Crippen MR) is 72.9 cm³/mol. The summed E-state index contributed by atoms with van der Waals surface area (Å²) in [6.07, 6.45) is -0.318. The molecule has 1 rings (SSSR count). The molecule has 0 aromatic heterocycles. The van der Waals surface area contributed by atoms with Gasteiger partial charge >= 0.3 is 5.97 Å². The van der Waals surface area contributed by atoms with E-state index in [-0.39, 0.29) is 12.8 Å². The fourth-order valence-corrected chi connectivity index (χ4v) is 1.69. The van der Waals surface area contributed by atoms with Crippen molar-refractivity contribution in [3.8, 4) is 0 Å². The number of nitrogens with one attached hydrogen (secondary N) is 1. The van der Waals surface area contributed by atoms with E-state index in [2.05, 4.69) is 5.32 Å². The largest absolute Gasteiger partial charge is 0.481 e. The molecule has 6 N–H and O–H groups in total. The van der Waals surface area contributed by atoms with Crippen LogP contribution in [0.15, 0.2) is 18.2 Å². The monoisotopic (exact) mass is 279 g/mol. The third-order valence-corrected chi connectivity index (χ3v) is 2.92. The topological polar surface area (TPSA) is 136 Å². The van der Waals surface area contributed by atoms with Crippen molar-refractivity contribution in [1.82, 2.24) is 5.32 Å². The minimum absolute atomic E-state index is 0.0578. The lowest BCUT2D eigenvalue weighted by molar-refractivity contribution is -0.137. The second-order valence-corrected chi connectivity index (χ2v) is 4.38. The Kier molecular flexibility index (Phi) is 5.08. The molecular formula is C13H17N3O4. The number of carbonyl (C=O) groups excluding carboxylic acids is 2. The Hall–Kier alpha value is -2.57. The Bertz CT molecular complexity index is 542. The molecule has 1 unspecified atom stereocenters. The highest BCUT2D eigenvalue weighted by atomic mass is 16.4. The van der Waals surface area contributed by atoms with Crippen molar-refractivity contribution in [1.29, 1.82) is 0 Å². The van der Waals surface area contributed by atoms with Crippen LogP contribution in [-0.2, 0) is 9.59 Å². The van der Waals surface area contributed by atoms with Crippen LogP contribution in [0.5, 0.6) is 0 Å². The fourth-order valence-electron chi connectivity index (χ4n) is 1.69. The zero-order valence-corrected chi connectivity index (χ0v) is 11.1. The average Bonchev–Trinajstić information content (AvgIpc) is 2.36. The smallest absolute Gasteiger partial charge is 0.303 e. The lowest BCUT2D eigenvalue weighted by Gasteiger charge is -2.16. The summed E-state index contributed by atoms with van der Waals surface area (Å²) in [6.45, 7) is 1.68. The van der Waals surface area contributed by atoms with Crippen molar-refractivity contribution in [3.05, 3.63) is 29.3 Å². The molecule has 0 saturated heterocycles. The second kappa shape index (κ2) is 6.55. The summed E-state index contributed by atoms with van der Waals surface area (Å²) >= 11 is 0. The van der Waals surface area contributed by atoms with E-state index < -0.39 is 23.8 Å². The second-order valence-electron chi connectivity index (χ2n) is 4.38. The molecule has 1 aromatic carbocycles. The number of carboxylic acid groups (broad SMARTS) is 1. The van der Waals surface area contributed by atoms with E-state index in [0.717, 1.165) is 0 Å². The number of anilines is 1. The highest BCUT2D eigenvalue weighted by Crippen LogP contribution is 2.15. The van der Waals surface area contributed by atoms with Crippen LogP contribution in [-0.4, -0.2) is 28.9 Å². The quantitative estimate of drug-likeness (QED) is 0.544. The standard InChI is InChI=1S/C13H17N3O4/c1-7-8(3-2-4-9(7)14)13(20)16-10(12(15)19)5-6-11(17)18/h2-4,10H,5-6,14H2,1H3,(H2,15,19)(H,16,20)(H,17,18). The van der Waals surface area contributed by atoms with E-state index in [9.17, 15) is 14.4 Å². The number of hydrogen-bond donors (Lipinski definition) is 4. The van der Waals surface area contributed by atoms with Gasteiger partial charge in [-0.25, -0.2) is 0 Å². The molecule has 7 heteroatoms. The summed E-state index contributed by atoms with van der Waals surface area (Å²) in [4.78, 5) is 33.8. The Balaban J connectivity index is 2.83. The Morgan fingerprint density at radius 2 is 2.00 bits per heavy atom. The Morgan fingerprint density at radius 3 is 2.55 bits per heavy atom. The molecule has 2 amide bonds. The molecule has 20 heavy (non-hydrogen) atoms. The molecule has 0 aliphatic rings. The molecule has 0 bridgehead atoms. The third kappa shape index (κ3) is 3.98. The minimum atomic E-state index is -1.06. The fraction of sp³-hybridized carbons (Fsp3) is 0.308. The molecule has 0 spiro atoms. The van der Waals surface area contributed by atoms with Gasteiger partial charge in [0.1, 0.15) is 6.04 Å². The zero-order chi connectivity index (χ0) is 15.3. The van der Waals surface area contributed by atoms with Crippen LogP contribution >= 0.6 is 0 Å². The number of nitrogens with two attached hydrogens (primary N) is 2. The Labute approximate surface area is 115 Å². The number of rotatable bonds is 6. The number of primary amides is 1. The summed E-state index contributed by atoms with van der Waals surface area (Å²) < 4.78 is 0. The first-order chi connectivity index (χ1) is 9.32. The SMILES string of the molecule is Cc1c(N)cccc1C(=O)NC(CCC(=O)O)C(N)=O. The molecular weight excluding hydrogens is 262 g/mol. The summed E-state index contributed by atoms with van der Waals surface area (Å²) in [5, 5.41) is 11.0. The normalized spacial score (nSPS) is 11.7. The van der Waals surface area contributed by atoms with Crippen LogP contribution in [0.2, 0.25) is 0 Å². The molecule has 0 saturated carbocycles. The van der Waals surface area contributed by atoms with Crippen molar-refractivity contribution in [3.63, 3.8) is 0 Å². The first kappa shape index (κ1) is 15.5. The maximum absolute atomic E-state index is 12.1. The van der Waals surface area contributed by atoms with Crippen LogP contribution in [0.4, 0.5) is 5.69 Å². The van der Waals surface area contributed by atoms with Gasteiger partial charge in [-0.2, -0.15) is 0 Å². The number of carbonyl (C=O) groups is 3. The molecule has 108 valence electrons. The van der Waals surface area contributed by atoms with E-state index in [1.54, 1.807) is 25.1 Å². The van der Waals surface area contributed by atoms with Gasteiger partial charge in [0.25, 0.3) is 5.91 Å². The number of aliphatic carboxylic acids is 1. The van der Waals surface area contributed by atoms with Crippen LogP contribution in [0.3, 0.4) is 0 Å².